The highest BCUT2D eigenvalue weighted by atomic mass is 16.5. The van der Waals surface area contributed by atoms with E-state index in [9.17, 15) is 9.59 Å². The van der Waals surface area contributed by atoms with Crippen molar-refractivity contribution in [1.29, 1.82) is 0 Å². The zero-order chi connectivity index (χ0) is 22.3. The number of carbonyl (C=O) groups is 2. The molecule has 32 heavy (non-hydrogen) atoms. The van der Waals surface area contributed by atoms with E-state index in [0.717, 1.165) is 49.6 Å². The standard InChI is InChI=1S/C26H35N3O3/c1-2-14-29(18-19-8-9-19)15-5-16-32-21-12-10-20(11-13-21)28-26(31)22-17-27-23-6-3-4-7-24(30)25(22)23/h10-13,17,19,27H,2-9,14-16,18H2,1H3,(H,28,31). The van der Waals surface area contributed by atoms with Gasteiger partial charge in [-0.1, -0.05) is 6.92 Å². The molecule has 1 aromatic heterocycles. The number of hydrogen-bond donors (Lipinski definition) is 2. The van der Waals surface area contributed by atoms with Crippen LogP contribution in [0.4, 0.5) is 5.69 Å². The molecule has 0 radical (unpaired) electrons. The fourth-order valence-electron chi connectivity index (χ4n) is 4.46. The molecule has 172 valence electrons. The first-order chi connectivity index (χ1) is 15.6. The second kappa shape index (κ2) is 10.8. The summed E-state index contributed by atoms with van der Waals surface area (Å²) in [7, 11) is 0. The van der Waals surface area contributed by atoms with E-state index in [1.54, 1.807) is 6.20 Å². The van der Waals surface area contributed by atoms with E-state index in [1.165, 1.54) is 32.4 Å². The Hall–Kier alpha value is -2.60. The number of aromatic nitrogens is 1. The van der Waals surface area contributed by atoms with Gasteiger partial charge in [-0.15, -0.1) is 0 Å². The van der Waals surface area contributed by atoms with Crippen LogP contribution in [0.1, 0.15) is 78.3 Å². The van der Waals surface area contributed by atoms with Crippen LogP contribution in [0.15, 0.2) is 30.5 Å². The number of H-pyrrole nitrogens is 1. The van der Waals surface area contributed by atoms with Crippen LogP contribution in [0.5, 0.6) is 5.75 Å². The van der Waals surface area contributed by atoms with Gasteiger partial charge in [-0.3, -0.25) is 9.59 Å². The smallest absolute Gasteiger partial charge is 0.257 e. The van der Waals surface area contributed by atoms with Crippen LogP contribution < -0.4 is 10.1 Å². The second-order valence-corrected chi connectivity index (χ2v) is 9.11. The van der Waals surface area contributed by atoms with Crippen molar-refractivity contribution in [2.24, 2.45) is 5.92 Å². The van der Waals surface area contributed by atoms with Gasteiger partial charge in [0.2, 0.25) is 0 Å². The Morgan fingerprint density at radius 3 is 2.69 bits per heavy atom. The van der Waals surface area contributed by atoms with Crippen molar-refractivity contribution in [1.82, 2.24) is 9.88 Å². The molecule has 1 heterocycles. The summed E-state index contributed by atoms with van der Waals surface area (Å²) in [5.74, 6) is 1.53. The molecule has 0 saturated heterocycles. The zero-order valence-corrected chi connectivity index (χ0v) is 19.1. The number of ether oxygens (including phenoxy) is 1. The highest BCUT2D eigenvalue weighted by molar-refractivity contribution is 6.13. The SMILES string of the molecule is CCCN(CCCOc1ccc(NC(=O)c2c[nH]c3c2C(=O)CCCC3)cc1)CC1CC1. The minimum absolute atomic E-state index is 0.0577. The number of hydrogen-bond acceptors (Lipinski definition) is 4. The zero-order valence-electron chi connectivity index (χ0n) is 19.1. The molecule has 0 aliphatic heterocycles. The summed E-state index contributed by atoms with van der Waals surface area (Å²) < 4.78 is 5.90. The molecule has 1 fully saturated rings. The summed E-state index contributed by atoms with van der Waals surface area (Å²) >= 11 is 0. The molecule has 0 bridgehead atoms. The lowest BCUT2D eigenvalue weighted by molar-refractivity contribution is 0.0965. The van der Waals surface area contributed by atoms with Gasteiger partial charge in [0, 0.05) is 37.1 Å². The summed E-state index contributed by atoms with van der Waals surface area (Å²) in [5, 5.41) is 2.91. The molecular weight excluding hydrogens is 402 g/mol. The molecule has 6 nitrogen and oxygen atoms in total. The fraction of sp³-hybridized carbons (Fsp3) is 0.538. The molecule has 2 aliphatic carbocycles. The highest BCUT2D eigenvalue weighted by Gasteiger charge is 2.25. The van der Waals surface area contributed by atoms with Crippen molar-refractivity contribution in [3.63, 3.8) is 0 Å². The third-order valence-electron chi connectivity index (χ3n) is 6.32. The van der Waals surface area contributed by atoms with Gasteiger partial charge in [0.1, 0.15) is 5.75 Å². The van der Waals surface area contributed by atoms with Gasteiger partial charge in [-0.05, 0) is 81.7 Å². The number of nitrogens with zero attached hydrogens (tertiary/aromatic N) is 1. The molecule has 0 spiro atoms. The Labute approximate surface area is 190 Å². The van der Waals surface area contributed by atoms with E-state index in [-0.39, 0.29) is 11.7 Å². The number of nitrogens with one attached hydrogen (secondary N) is 2. The van der Waals surface area contributed by atoms with Gasteiger partial charge in [0.25, 0.3) is 5.91 Å². The second-order valence-electron chi connectivity index (χ2n) is 9.11. The Balaban J connectivity index is 1.25. The van der Waals surface area contributed by atoms with Crippen molar-refractivity contribution < 1.29 is 14.3 Å². The van der Waals surface area contributed by atoms with E-state index in [4.69, 9.17) is 4.74 Å². The molecule has 0 atom stereocenters. The Morgan fingerprint density at radius 2 is 1.94 bits per heavy atom. The van der Waals surface area contributed by atoms with Crippen LogP contribution >= 0.6 is 0 Å². The lowest BCUT2D eigenvalue weighted by atomic mass is 10.0. The molecule has 6 heteroatoms. The number of Topliss-reactive ketones (excluding diaryl/α,β-unsaturated/α-hetero) is 1. The van der Waals surface area contributed by atoms with Crippen molar-refractivity contribution in [3.8, 4) is 5.75 Å². The number of ketones is 1. The molecular formula is C26H35N3O3. The normalized spacial score (nSPS) is 16.0. The molecule has 1 aromatic carbocycles. The average Bonchev–Trinajstić information content (AvgIpc) is 3.54. The van der Waals surface area contributed by atoms with Crippen molar-refractivity contribution in [2.45, 2.75) is 58.3 Å². The molecule has 1 saturated carbocycles. The van der Waals surface area contributed by atoms with Gasteiger partial charge in [-0.25, -0.2) is 0 Å². The lowest BCUT2D eigenvalue weighted by Crippen LogP contribution is -2.29. The number of aryl methyl sites for hydroxylation is 1. The van der Waals surface area contributed by atoms with Crippen molar-refractivity contribution in [2.75, 3.05) is 31.6 Å². The van der Waals surface area contributed by atoms with Crippen LogP contribution in [0.2, 0.25) is 0 Å². The maximum atomic E-state index is 12.8. The highest BCUT2D eigenvalue weighted by Crippen LogP contribution is 2.30. The Morgan fingerprint density at radius 1 is 1.16 bits per heavy atom. The van der Waals surface area contributed by atoms with E-state index in [2.05, 4.69) is 22.1 Å². The third-order valence-corrected chi connectivity index (χ3v) is 6.32. The third kappa shape index (κ3) is 6.00. The summed E-state index contributed by atoms with van der Waals surface area (Å²) in [6.07, 6.45) is 9.82. The van der Waals surface area contributed by atoms with Crippen LogP contribution in [-0.4, -0.2) is 47.8 Å². The first-order valence-corrected chi connectivity index (χ1v) is 12.1. The number of fused-ring (bicyclic) bond motifs is 1. The van der Waals surface area contributed by atoms with Crippen LogP contribution in [-0.2, 0) is 6.42 Å². The number of aromatic amines is 1. The molecule has 2 aromatic rings. The minimum atomic E-state index is -0.252. The van der Waals surface area contributed by atoms with Gasteiger partial charge in [0.15, 0.2) is 5.78 Å². The fourth-order valence-corrected chi connectivity index (χ4v) is 4.46. The summed E-state index contributed by atoms with van der Waals surface area (Å²) in [6, 6.07) is 7.45. The monoisotopic (exact) mass is 437 g/mol. The number of anilines is 1. The van der Waals surface area contributed by atoms with Gasteiger partial charge in [0.05, 0.1) is 17.7 Å². The molecule has 2 N–H and O–H groups in total. The number of carbonyl (C=O) groups excluding carboxylic acids is 2. The maximum absolute atomic E-state index is 12.8. The summed E-state index contributed by atoms with van der Waals surface area (Å²) in [4.78, 5) is 30.9. The predicted molar refractivity (Wildman–Crippen MR) is 127 cm³/mol. The van der Waals surface area contributed by atoms with Gasteiger partial charge < -0.3 is 19.9 Å². The quantitative estimate of drug-likeness (QED) is 0.380. The lowest BCUT2D eigenvalue weighted by Gasteiger charge is -2.21. The largest absolute Gasteiger partial charge is 0.494 e. The van der Waals surface area contributed by atoms with E-state index >= 15 is 0 Å². The van der Waals surface area contributed by atoms with Crippen molar-refractivity contribution >= 4 is 17.4 Å². The Bertz CT molecular complexity index is 915. The van der Waals surface area contributed by atoms with E-state index in [0.29, 0.717) is 29.8 Å². The van der Waals surface area contributed by atoms with Gasteiger partial charge >= 0.3 is 0 Å². The molecule has 2 aliphatic rings. The summed E-state index contributed by atoms with van der Waals surface area (Å²) in [5.41, 5.74) is 2.58. The van der Waals surface area contributed by atoms with Crippen LogP contribution in [0.3, 0.4) is 0 Å². The van der Waals surface area contributed by atoms with Crippen molar-refractivity contribution in [3.05, 3.63) is 47.3 Å². The summed E-state index contributed by atoms with van der Waals surface area (Å²) in [6.45, 7) is 6.41. The average molecular weight is 438 g/mol. The number of benzene rings is 1. The molecule has 4 rings (SSSR count). The Kier molecular flexibility index (Phi) is 7.63. The topological polar surface area (TPSA) is 74.4 Å². The number of amides is 1. The van der Waals surface area contributed by atoms with E-state index < -0.39 is 0 Å². The predicted octanol–water partition coefficient (Wildman–Crippen LogP) is 5.07. The molecule has 1 amide bonds. The van der Waals surface area contributed by atoms with Crippen LogP contribution in [0.25, 0.3) is 0 Å². The van der Waals surface area contributed by atoms with E-state index in [1.807, 2.05) is 24.3 Å². The number of rotatable bonds is 11. The van der Waals surface area contributed by atoms with Gasteiger partial charge in [-0.2, -0.15) is 0 Å². The first-order valence-electron chi connectivity index (χ1n) is 12.1. The van der Waals surface area contributed by atoms with Crippen LogP contribution in [0, 0.1) is 5.92 Å². The molecule has 0 unspecified atom stereocenters. The first kappa shape index (κ1) is 22.6. The minimum Gasteiger partial charge on any atom is -0.494 e. The maximum Gasteiger partial charge on any atom is 0.257 e.